The Bertz CT molecular complexity index is 487. The van der Waals surface area contributed by atoms with Gasteiger partial charge in [-0.25, -0.2) is 0 Å². The van der Waals surface area contributed by atoms with Crippen LogP contribution in [0, 0.1) is 0 Å². The lowest BCUT2D eigenvalue weighted by Crippen LogP contribution is -2.41. The van der Waals surface area contributed by atoms with E-state index >= 15 is 0 Å². The molecule has 0 atom stereocenters. The summed E-state index contributed by atoms with van der Waals surface area (Å²) in [6.07, 6.45) is 0. The number of hydrogen-bond acceptors (Lipinski definition) is 3. The Morgan fingerprint density at radius 2 is 1.55 bits per heavy atom. The van der Waals surface area contributed by atoms with Crippen LogP contribution in [0.2, 0.25) is 0 Å². The fourth-order valence-electron chi connectivity index (χ4n) is 2.11. The molecule has 0 aromatic heterocycles. The van der Waals surface area contributed by atoms with Gasteiger partial charge in [-0.15, -0.1) is 0 Å². The maximum Gasteiger partial charge on any atom is 0.487 e. The van der Waals surface area contributed by atoms with E-state index in [1.54, 1.807) is 7.11 Å². The van der Waals surface area contributed by atoms with Gasteiger partial charge in [0.15, 0.2) is 0 Å². The van der Waals surface area contributed by atoms with Gasteiger partial charge in [0.1, 0.15) is 5.75 Å². The van der Waals surface area contributed by atoms with Crippen molar-refractivity contribution in [2.75, 3.05) is 7.11 Å². The van der Waals surface area contributed by atoms with Crippen molar-refractivity contribution < 1.29 is 14.0 Å². The third kappa shape index (κ3) is 2.91. The summed E-state index contributed by atoms with van der Waals surface area (Å²) in [6.45, 7) is 10.3. The van der Waals surface area contributed by atoms with Crippen molar-refractivity contribution in [3.8, 4) is 5.75 Å². The minimum absolute atomic E-state index is 0.297. The Morgan fingerprint density at radius 1 is 1.05 bits per heavy atom. The minimum atomic E-state index is -0.304. The van der Waals surface area contributed by atoms with Crippen molar-refractivity contribution in [1.29, 1.82) is 0 Å². The standard InChI is InChI=1S/C16H23BO3/c1-12(13-7-9-14(18-6)10-8-13)11-17-19-15(2,3)16(4,5)20-17/h7-11H,1-6H3. The zero-order valence-corrected chi connectivity index (χ0v) is 13.2. The molecule has 1 aromatic rings. The van der Waals surface area contributed by atoms with Crippen LogP contribution in [0.1, 0.15) is 40.2 Å². The lowest BCUT2D eigenvalue weighted by molar-refractivity contribution is 0.00578. The molecule has 0 unspecified atom stereocenters. The highest BCUT2D eigenvalue weighted by Crippen LogP contribution is 2.37. The van der Waals surface area contributed by atoms with Crippen LogP contribution >= 0.6 is 0 Å². The van der Waals surface area contributed by atoms with E-state index in [9.17, 15) is 0 Å². The van der Waals surface area contributed by atoms with E-state index in [1.165, 1.54) is 0 Å². The molecule has 1 aliphatic heterocycles. The highest BCUT2D eigenvalue weighted by atomic mass is 16.7. The Morgan fingerprint density at radius 3 is 2.00 bits per heavy atom. The number of ether oxygens (including phenoxy) is 1. The number of allylic oxidation sites excluding steroid dienone is 1. The van der Waals surface area contributed by atoms with Gasteiger partial charge < -0.3 is 14.0 Å². The van der Waals surface area contributed by atoms with Crippen molar-refractivity contribution in [2.24, 2.45) is 0 Å². The van der Waals surface area contributed by atoms with Crippen LogP contribution < -0.4 is 4.74 Å². The number of methoxy groups -OCH3 is 1. The van der Waals surface area contributed by atoms with Crippen molar-refractivity contribution >= 4 is 12.7 Å². The van der Waals surface area contributed by atoms with Crippen molar-refractivity contribution in [3.05, 3.63) is 35.8 Å². The molecule has 4 heteroatoms. The van der Waals surface area contributed by atoms with Crippen molar-refractivity contribution in [3.63, 3.8) is 0 Å². The fraction of sp³-hybridized carbons (Fsp3) is 0.500. The predicted molar refractivity (Wildman–Crippen MR) is 82.7 cm³/mol. The van der Waals surface area contributed by atoms with E-state index in [0.717, 1.165) is 16.9 Å². The third-order valence-electron chi connectivity index (χ3n) is 4.20. The van der Waals surface area contributed by atoms with E-state index in [1.807, 2.05) is 30.2 Å². The number of benzene rings is 1. The van der Waals surface area contributed by atoms with E-state index in [4.69, 9.17) is 14.0 Å². The third-order valence-corrected chi connectivity index (χ3v) is 4.20. The molecule has 0 aliphatic carbocycles. The molecule has 0 bridgehead atoms. The maximum absolute atomic E-state index is 5.98. The van der Waals surface area contributed by atoms with Gasteiger partial charge in [0.05, 0.1) is 18.3 Å². The molecule has 1 fully saturated rings. The molecule has 1 aliphatic rings. The molecule has 1 heterocycles. The Balaban J connectivity index is 2.15. The van der Waals surface area contributed by atoms with E-state index in [-0.39, 0.29) is 18.3 Å². The highest BCUT2D eigenvalue weighted by molar-refractivity contribution is 6.53. The molecule has 2 rings (SSSR count). The normalized spacial score (nSPS) is 21.1. The Hall–Kier alpha value is -1.26. The van der Waals surface area contributed by atoms with Crippen molar-refractivity contribution in [2.45, 2.75) is 45.8 Å². The zero-order valence-electron chi connectivity index (χ0n) is 13.2. The van der Waals surface area contributed by atoms with E-state index < -0.39 is 0 Å². The summed E-state index contributed by atoms with van der Waals surface area (Å²) in [6, 6.07) is 7.99. The average Bonchev–Trinajstić information content (AvgIpc) is 2.57. The molecule has 1 aromatic carbocycles. The number of hydrogen-bond donors (Lipinski definition) is 0. The highest BCUT2D eigenvalue weighted by Gasteiger charge is 2.50. The zero-order chi connectivity index (χ0) is 15.0. The monoisotopic (exact) mass is 274 g/mol. The second kappa shape index (κ2) is 5.26. The molecular weight excluding hydrogens is 251 g/mol. The Labute approximate surface area is 122 Å². The van der Waals surface area contributed by atoms with Gasteiger partial charge in [-0.3, -0.25) is 0 Å². The fourth-order valence-corrected chi connectivity index (χ4v) is 2.11. The molecule has 0 saturated carbocycles. The quantitative estimate of drug-likeness (QED) is 0.786. The first-order chi connectivity index (χ1) is 9.25. The number of rotatable bonds is 3. The summed E-state index contributed by atoms with van der Waals surface area (Å²) >= 11 is 0. The molecule has 0 spiro atoms. The average molecular weight is 274 g/mol. The molecular formula is C16H23BO3. The van der Waals surface area contributed by atoms with Gasteiger partial charge in [-0.2, -0.15) is 0 Å². The first-order valence-electron chi connectivity index (χ1n) is 6.94. The van der Waals surface area contributed by atoms with Crippen LogP contribution in [-0.2, 0) is 9.31 Å². The second-order valence-electron chi connectivity index (χ2n) is 6.20. The summed E-state index contributed by atoms with van der Waals surface area (Å²) in [5.41, 5.74) is 1.68. The van der Waals surface area contributed by atoms with Crippen LogP contribution in [0.4, 0.5) is 0 Å². The minimum Gasteiger partial charge on any atom is -0.497 e. The molecule has 0 amide bonds. The van der Waals surface area contributed by atoms with Gasteiger partial charge in [0.25, 0.3) is 0 Å². The van der Waals surface area contributed by atoms with Crippen LogP contribution in [-0.4, -0.2) is 25.4 Å². The van der Waals surface area contributed by atoms with Crippen LogP contribution in [0.5, 0.6) is 5.75 Å². The summed E-state index contributed by atoms with van der Waals surface area (Å²) in [4.78, 5) is 0. The Kier molecular flexibility index (Phi) is 3.98. The molecule has 108 valence electrons. The smallest absolute Gasteiger partial charge is 0.487 e. The largest absolute Gasteiger partial charge is 0.497 e. The van der Waals surface area contributed by atoms with E-state index in [2.05, 4.69) is 34.6 Å². The molecule has 3 nitrogen and oxygen atoms in total. The topological polar surface area (TPSA) is 27.7 Å². The van der Waals surface area contributed by atoms with E-state index in [0.29, 0.717) is 0 Å². The second-order valence-corrected chi connectivity index (χ2v) is 6.20. The van der Waals surface area contributed by atoms with Gasteiger partial charge in [-0.05, 0) is 52.3 Å². The van der Waals surface area contributed by atoms with Gasteiger partial charge in [-0.1, -0.05) is 23.7 Å². The van der Waals surface area contributed by atoms with Gasteiger partial charge >= 0.3 is 7.12 Å². The molecule has 0 radical (unpaired) electrons. The SMILES string of the molecule is COc1ccc(C(C)=CB2OC(C)(C)C(C)(C)O2)cc1. The summed E-state index contributed by atoms with van der Waals surface area (Å²) < 4.78 is 17.1. The summed E-state index contributed by atoms with van der Waals surface area (Å²) in [7, 11) is 1.37. The van der Waals surface area contributed by atoms with Gasteiger partial charge in [0, 0.05) is 0 Å². The van der Waals surface area contributed by atoms with Crippen molar-refractivity contribution in [1.82, 2.24) is 0 Å². The summed E-state index contributed by atoms with van der Waals surface area (Å²) in [5, 5.41) is 0. The maximum atomic E-state index is 5.98. The van der Waals surface area contributed by atoms with Crippen LogP contribution in [0.15, 0.2) is 30.2 Å². The first kappa shape index (κ1) is 15.1. The summed E-state index contributed by atoms with van der Waals surface area (Å²) in [5.74, 6) is 2.88. The van der Waals surface area contributed by atoms with Gasteiger partial charge in [0.2, 0.25) is 0 Å². The lowest BCUT2D eigenvalue weighted by atomic mass is 9.85. The molecule has 0 N–H and O–H groups in total. The molecule has 1 saturated heterocycles. The predicted octanol–water partition coefficient (Wildman–Crippen LogP) is 3.73. The first-order valence-corrected chi connectivity index (χ1v) is 6.94. The molecule has 20 heavy (non-hydrogen) atoms. The lowest BCUT2D eigenvalue weighted by Gasteiger charge is -2.32. The van der Waals surface area contributed by atoms with Crippen LogP contribution in [0.3, 0.4) is 0 Å². The van der Waals surface area contributed by atoms with Crippen LogP contribution in [0.25, 0.3) is 5.57 Å².